The normalized spacial score (nSPS) is 15.0. The first-order valence-electron chi connectivity index (χ1n) is 12.0. The Kier molecular flexibility index (Phi) is 9.19. The number of sulfonamides is 1. The van der Waals surface area contributed by atoms with Gasteiger partial charge in [0.1, 0.15) is 12.6 Å². The molecule has 2 aromatic carbocycles. The highest BCUT2D eigenvalue weighted by Crippen LogP contribution is 2.28. The topological polar surface area (TPSA) is 86.8 Å². The van der Waals surface area contributed by atoms with E-state index in [2.05, 4.69) is 5.32 Å². The molecular formula is C26H34ClN3O4S. The van der Waals surface area contributed by atoms with Crippen molar-refractivity contribution in [3.05, 3.63) is 64.7 Å². The van der Waals surface area contributed by atoms with Gasteiger partial charge < -0.3 is 10.2 Å². The highest BCUT2D eigenvalue weighted by atomic mass is 35.5. The summed E-state index contributed by atoms with van der Waals surface area (Å²) in [7, 11) is -3.82. The number of carbonyl (C=O) groups excluding carboxylic acids is 2. The lowest BCUT2D eigenvalue weighted by Gasteiger charge is -2.33. The molecule has 1 N–H and O–H groups in total. The van der Waals surface area contributed by atoms with Gasteiger partial charge in [0, 0.05) is 12.6 Å². The third-order valence-electron chi connectivity index (χ3n) is 6.36. The summed E-state index contributed by atoms with van der Waals surface area (Å²) in [5, 5.41) is 3.32. The number of anilines is 1. The average molecular weight is 520 g/mol. The molecular weight excluding hydrogens is 486 g/mol. The molecule has 35 heavy (non-hydrogen) atoms. The highest BCUT2D eigenvalue weighted by Gasteiger charge is 2.33. The molecule has 0 spiro atoms. The molecule has 0 heterocycles. The van der Waals surface area contributed by atoms with E-state index in [1.807, 2.05) is 38.1 Å². The van der Waals surface area contributed by atoms with Gasteiger partial charge in [-0.2, -0.15) is 0 Å². The van der Waals surface area contributed by atoms with Gasteiger partial charge in [-0.15, -0.1) is 0 Å². The molecule has 0 unspecified atom stereocenters. The first-order chi connectivity index (χ1) is 16.6. The number of benzene rings is 2. The number of rotatable bonds is 10. The third kappa shape index (κ3) is 7.21. The Hall–Kier alpha value is -2.58. The lowest BCUT2D eigenvalue weighted by Crippen LogP contribution is -2.53. The summed E-state index contributed by atoms with van der Waals surface area (Å²) >= 11 is 6.27. The monoisotopic (exact) mass is 519 g/mol. The fourth-order valence-electron chi connectivity index (χ4n) is 4.43. The van der Waals surface area contributed by atoms with Gasteiger partial charge in [-0.1, -0.05) is 73.3 Å². The fraction of sp³-hybridized carbons (Fsp3) is 0.462. The SMILES string of the molecule is CC[C@@H](C(=O)NC1CCCC1)N(Cc1ccc(C)cc1)C(=O)CN(c1ccccc1Cl)S(C)(=O)=O. The summed E-state index contributed by atoms with van der Waals surface area (Å²) in [4.78, 5) is 28.5. The highest BCUT2D eigenvalue weighted by molar-refractivity contribution is 7.92. The van der Waals surface area contributed by atoms with E-state index in [1.54, 1.807) is 24.3 Å². The van der Waals surface area contributed by atoms with E-state index in [9.17, 15) is 18.0 Å². The summed E-state index contributed by atoms with van der Waals surface area (Å²) < 4.78 is 26.3. The van der Waals surface area contributed by atoms with E-state index in [1.165, 1.54) is 4.90 Å². The van der Waals surface area contributed by atoms with Gasteiger partial charge in [-0.05, 0) is 43.9 Å². The minimum absolute atomic E-state index is 0.114. The quantitative estimate of drug-likeness (QED) is 0.507. The number of halogens is 1. The molecule has 1 aliphatic carbocycles. The standard InChI is InChI=1S/C26H34ClN3O4S/c1-4-23(26(32)28-21-9-5-6-10-21)29(17-20-15-13-19(2)14-16-20)25(31)18-30(35(3,33)34)24-12-8-7-11-22(24)27/h7-8,11-16,21,23H,4-6,9-10,17-18H2,1-3H3,(H,28,32)/t23-/m0/s1. The second-order valence-electron chi connectivity index (χ2n) is 9.14. The van der Waals surface area contributed by atoms with Gasteiger partial charge in [0.05, 0.1) is 17.0 Å². The summed E-state index contributed by atoms with van der Waals surface area (Å²) in [6.07, 6.45) is 5.47. The molecule has 2 aromatic rings. The van der Waals surface area contributed by atoms with Crippen LogP contribution in [0.2, 0.25) is 5.02 Å². The van der Waals surface area contributed by atoms with Gasteiger partial charge >= 0.3 is 0 Å². The second-order valence-corrected chi connectivity index (χ2v) is 11.5. The summed E-state index contributed by atoms with van der Waals surface area (Å²) in [5.74, 6) is -0.673. The van der Waals surface area contributed by atoms with Crippen LogP contribution in [0.1, 0.15) is 50.2 Å². The van der Waals surface area contributed by atoms with Crippen molar-refractivity contribution in [1.29, 1.82) is 0 Å². The zero-order chi connectivity index (χ0) is 25.6. The molecule has 0 aromatic heterocycles. The van der Waals surface area contributed by atoms with Crippen molar-refractivity contribution >= 4 is 39.1 Å². The number of amides is 2. The zero-order valence-electron chi connectivity index (χ0n) is 20.5. The first kappa shape index (κ1) is 27.0. The number of nitrogens with one attached hydrogen (secondary N) is 1. The number of para-hydroxylation sites is 1. The van der Waals surface area contributed by atoms with Crippen LogP contribution in [0.3, 0.4) is 0 Å². The van der Waals surface area contributed by atoms with Crippen LogP contribution in [-0.4, -0.2) is 50.0 Å². The lowest BCUT2D eigenvalue weighted by atomic mass is 10.1. The van der Waals surface area contributed by atoms with Crippen LogP contribution in [0.15, 0.2) is 48.5 Å². The predicted octanol–water partition coefficient (Wildman–Crippen LogP) is 4.28. The van der Waals surface area contributed by atoms with Crippen molar-refractivity contribution in [2.75, 3.05) is 17.1 Å². The lowest BCUT2D eigenvalue weighted by molar-refractivity contribution is -0.140. The van der Waals surface area contributed by atoms with E-state index >= 15 is 0 Å². The Morgan fingerprint density at radius 1 is 1.09 bits per heavy atom. The molecule has 1 aliphatic rings. The molecule has 1 atom stereocenters. The van der Waals surface area contributed by atoms with Crippen molar-refractivity contribution in [2.24, 2.45) is 0 Å². The Labute approximate surface area is 213 Å². The van der Waals surface area contributed by atoms with Gasteiger partial charge in [0.15, 0.2) is 0 Å². The molecule has 7 nitrogen and oxygen atoms in total. The number of hydrogen-bond donors (Lipinski definition) is 1. The molecule has 0 aliphatic heterocycles. The van der Waals surface area contributed by atoms with Crippen LogP contribution in [-0.2, 0) is 26.2 Å². The van der Waals surface area contributed by atoms with Crippen LogP contribution in [0.5, 0.6) is 0 Å². The van der Waals surface area contributed by atoms with E-state index in [0.717, 1.165) is 47.4 Å². The van der Waals surface area contributed by atoms with Gasteiger partial charge in [-0.3, -0.25) is 13.9 Å². The molecule has 0 saturated heterocycles. The Balaban J connectivity index is 1.92. The first-order valence-corrected chi connectivity index (χ1v) is 14.2. The Morgan fingerprint density at radius 2 is 1.71 bits per heavy atom. The smallest absolute Gasteiger partial charge is 0.244 e. The number of hydrogen-bond acceptors (Lipinski definition) is 4. The summed E-state index contributed by atoms with van der Waals surface area (Å²) in [6, 6.07) is 13.6. The Bertz CT molecular complexity index is 1130. The molecule has 0 bridgehead atoms. The van der Waals surface area contributed by atoms with Crippen molar-refractivity contribution in [3.8, 4) is 0 Å². The summed E-state index contributed by atoms with van der Waals surface area (Å²) in [6.45, 7) is 3.57. The minimum Gasteiger partial charge on any atom is -0.352 e. The van der Waals surface area contributed by atoms with Crippen molar-refractivity contribution < 1.29 is 18.0 Å². The van der Waals surface area contributed by atoms with E-state index < -0.39 is 28.5 Å². The molecule has 1 fully saturated rings. The molecule has 9 heteroatoms. The third-order valence-corrected chi connectivity index (χ3v) is 7.81. The molecule has 0 radical (unpaired) electrons. The summed E-state index contributed by atoms with van der Waals surface area (Å²) in [5.41, 5.74) is 2.17. The molecule has 3 rings (SSSR count). The van der Waals surface area contributed by atoms with Crippen molar-refractivity contribution in [1.82, 2.24) is 10.2 Å². The largest absolute Gasteiger partial charge is 0.352 e. The Morgan fingerprint density at radius 3 is 2.29 bits per heavy atom. The molecule has 2 amide bonds. The average Bonchev–Trinajstić information content (AvgIpc) is 3.31. The fourth-order valence-corrected chi connectivity index (χ4v) is 5.58. The van der Waals surface area contributed by atoms with Gasteiger partial charge in [0.25, 0.3) is 0 Å². The maximum absolute atomic E-state index is 13.7. The maximum atomic E-state index is 13.7. The number of nitrogens with zero attached hydrogens (tertiary/aromatic N) is 2. The van der Waals surface area contributed by atoms with Crippen LogP contribution in [0.4, 0.5) is 5.69 Å². The van der Waals surface area contributed by atoms with Crippen molar-refractivity contribution in [3.63, 3.8) is 0 Å². The predicted molar refractivity (Wildman–Crippen MR) is 140 cm³/mol. The van der Waals surface area contributed by atoms with Crippen LogP contribution in [0.25, 0.3) is 0 Å². The van der Waals surface area contributed by atoms with Crippen molar-refractivity contribution in [2.45, 2.75) is 64.6 Å². The van der Waals surface area contributed by atoms with Gasteiger partial charge in [-0.25, -0.2) is 8.42 Å². The van der Waals surface area contributed by atoms with Crippen LogP contribution >= 0.6 is 11.6 Å². The maximum Gasteiger partial charge on any atom is 0.244 e. The zero-order valence-corrected chi connectivity index (χ0v) is 22.1. The van der Waals surface area contributed by atoms with Gasteiger partial charge in [0.2, 0.25) is 21.8 Å². The number of aryl methyl sites for hydroxylation is 1. The van der Waals surface area contributed by atoms with E-state index in [-0.39, 0.29) is 29.2 Å². The molecule has 190 valence electrons. The number of carbonyl (C=O) groups is 2. The van der Waals surface area contributed by atoms with Crippen LogP contribution in [0, 0.1) is 6.92 Å². The van der Waals surface area contributed by atoms with E-state index in [0.29, 0.717) is 6.42 Å². The second kappa shape index (κ2) is 11.9. The van der Waals surface area contributed by atoms with Crippen LogP contribution < -0.4 is 9.62 Å². The molecule has 1 saturated carbocycles. The van der Waals surface area contributed by atoms with E-state index in [4.69, 9.17) is 11.6 Å². The minimum atomic E-state index is -3.82.